The van der Waals surface area contributed by atoms with Crippen LogP contribution in [0, 0.1) is 0 Å². The van der Waals surface area contributed by atoms with Crippen molar-refractivity contribution in [2.75, 3.05) is 0 Å². The maximum Gasteiger partial charge on any atom is 0.233 e. The highest BCUT2D eigenvalue weighted by atomic mass is 35.5. The van der Waals surface area contributed by atoms with Crippen molar-refractivity contribution in [1.82, 2.24) is 20.1 Å². The molecule has 0 bridgehead atoms. The normalized spacial score (nSPS) is 12.9. The molecule has 5 nitrogen and oxygen atoms in total. The fourth-order valence-corrected chi connectivity index (χ4v) is 3.34. The van der Waals surface area contributed by atoms with Crippen LogP contribution in [0.4, 0.5) is 0 Å². The fourth-order valence-electron chi connectivity index (χ4n) is 2.24. The predicted octanol–water partition coefficient (Wildman–Crippen LogP) is 4.40. The zero-order valence-electron chi connectivity index (χ0n) is 15.3. The Kier molecular flexibility index (Phi) is 6.52. The summed E-state index contributed by atoms with van der Waals surface area (Å²) in [5.41, 5.74) is 0.703. The average Bonchev–Trinajstić information content (AvgIpc) is 2.97. The lowest BCUT2D eigenvalue weighted by molar-refractivity contribution is -0.121. The number of hydrogen-bond acceptors (Lipinski definition) is 4. The van der Waals surface area contributed by atoms with Crippen LogP contribution in [0.3, 0.4) is 0 Å². The highest BCUT2D eigenvalue weighted by Gasteiger charge is 2.24. The molecule has 2 rings (SSSR count). The SMILES string of the molecule is CCn1c(SC(C)C(=O)NC(C)(C)CC)nnc1-c1cccc(Cl)c1. The van der Waals surface area contributed by atoms with Crippen LogP contribution in [-0.4, -0.2) is 31.5 Å². The first-order chi connectivity index (χ1) is 11.8. The zero-order valence-corrected chi connectivity index (χ0v) is 16.9. The summed E-state index contributed by atoms with van der Waals surface area (Å²) in [6.07, 6.45) is 0.875. The van der Waals surface area contributed by atoms with Gasteiger partial charge in [0.2, 0.25) is 5.91 Å². The first-order valence-corrected chi connectivity index (χ1v) is 9.71. The molecule has 0 saturated heterocycles. The summed E-state index contributed by atoms with van der Waals surface area (Å²) >= 11 is 7.50. The Morgan fingerprint density at radius 3 is 2.68 bits per heavy atom. The van der Waals surface area contributed by atoms with E-state index in [1.807, 2.05) is 56.5 Å². The van der Waals surface area contributed by atoms with Crippen LogP contribution in [0.25, 0.3) is 11.4 Å². The third-order valence-corrected chi connectivity index (χ3v) is 5.43. The minimum absolute atomic E-state index is 0.00630. The predicted molar refractivity (Wildman–Crippen MR) is 104 cm³/mol. The van der Waals surface area contributed by atoms with Crippen molar-refractivity contribution in [3.8, 4) is 11.4 Å². The van der Waals surface area contributed by atoms with E-state index in [2.05, 4.69) is 22.4 Å². The number of amides is 1. The molecule has 1 heterocycles. The monoisotopic (exact) mass is 380 g/mol. The van der Waals surface area contributed by atoms with Crippen LogP contribution in [0.2, 0.25) is 5.02 Å². The van der Waals surface area contributed by atoms with Crippen molar-refractivity contribution < 1.29 is 4.79 Å². The summed E-state index contributed by atoms with van der Waals surface area (Å²) < 4.78 is 2.01. The van der Waals surface area contributed by atoms with Gasteiger partial charge in [-0.15, -0.1) is 10.2 Å². The summed E-state index contributed by atoms with van der Waals surface area (Å²) in [5, 5.41) is 12.8. The number of halogens is 1. The molecule has 1 amide bonds. The van der Waals surface area contributed by atoms with E-state index in [1.165, 1.54) is 11.8 Å². The first-order valence-electron chi connectivity index (χ1n) is 8.45. The van der Waals surface area contributed by atoms with Crippen LogP contribution >= 0.6 is 23.4 Å². The Hall–Kier alpha value is -1.53. The van der Waals surface area contributed by atoms with E-state index in [0.29, 0.717) is 11.6 Å². The standard InChI is InChI=1S/C18H25ClN4OS/c1-6-18(4,5)20-16(24)12(3)25-17-22-21-15(23(17)7-2)13-9-8-10-14(19)11-13/h8-12H,6-7H2,1-5H3,(H,20,24). The molecule has 0 saturated carbocycles. The maximum atomic E-state index is 12.4. The van der Waals surface area contributed by atoms with Gasteiger partial charge < -0.3 is 9.88 Å². The molecule has 1 atom stereocenters. The van der Waals surface area contributed by atoms with Crippen molar-refractivity contribution in [2.45, 2.75) is 63.5 Å². The molecular formula is C18H25ClN4OS. The molecule has 0 aliphatic carbocycles. The van der Waals surface area contributed by atoms with E-state index in [1.54, 1.807) is 0 Å². The number of carbonyl (C=O) groups excluding carboxylic acids is 1. The lowest BCUT2D eigenvalue weighted by Crippen LogP contribution is -2.46. The lowest BCUT2D eigenvalue weighted by atomic mass is 10.0. The number of benzene rings is 1. The molecular weight excluding hydrogens is 356 g/mol. The lowest BCUT2D eigenvalue weighted by Gasteiger charge is -2.26. The summed E-state index contributed by atoms with van der Waals surface area (Å²) in [4.78, 5) is 12.4. The van der Waals surface area contributed by atoms with Crippen molar-refractivity contribution >= 4 is 29.3 Å². The number of aromatic nitrogens is 3. The third-order valence-electron chi connectivity index (χ3n) is 4.11. The molecule has 7 heteroatoms. The molecule has 1 aromatic carbocycles. The molecule has 2 aromatic rings. The average molecular weight is 381 g/mol. The second-order valence-electron chi connectivity index (χ2n) is 6.55. The number of carbonyl (C=O) groups is 1. The maximum absolute atomic E-state index is 12.4. The van der Waals surface area contributed by atoms with Gasteiger partial charge in [0.1, 0.15) is 0 Å². The molecule has 1 unspecified atom stereocenters. The van der Waals surface area contributed by atoms with Gasteiger partial charge in [0.25, 0.3) is 0 Å². The van der Waals surface area contributed by atoms with Gasteiger partial charge in [-0.2, -0.15) is 0 Å². The highest BCUT2D eigenvalue weighted by Crippen LogP contribution is 2.28. The van der Waals surface area contributed by atoms with Crippen molar-refractivity contribution in [3.63, 3.8) is 0 Å². The number of rotatable bonds is 7. The summed E-state index contributed by atoms with van der Waals surface area (Å²) in [6.45, 7) is 10.7. The molecule has 1 aromatic heterocycles. The summed E-state index contributed by atoms with van der Waals surface area (Å²) in [7, 11) is 0. The third kappa shape index (κ3) is 4.98. The molecule has 0 aliphatic heterocycles. The fraction of sp³-hybridized carbons (Fsp3) is 0.500. The largest absolute Gasteiger partial charge is 0.350 e. The van der Waals surface area contributed by atoms with Gasteiger partial charge in [-0.25, -0.2) is 0 Å². The quantitative estimate of drug-likeness (QED) is 0.723. The van der Waals surface area contributed by atoms with Crippen molar-refractivity contribution in [1.29, 1.82) is 0 Å². The van der Waals surface area contributed by atoms with Crippen LogP contribution in [0.5, 0.6) is 0 Å². The smallest absolute Gasteiger partial charge is 0.233 e. The topological polar surface area (TPSA) is 59.8 Å². The van der Waals surface area contributed by atoms with Crippen molar-refractivity contribution in [2.24, 2.45) is 0 Å². The van der Waals surface area contributed by atoms with Gasteiger partial charge in [-0.1, -0.05) is 42.4 Å². The second-order valence-corrected chi connectivity index (χ2v) is 8.29. The number of nitrogens with one attached hydrogen (secondary N) is 1. The van der Waals surface area contributed by atoms with Gasteiger partial charge in [0.05, 0.1) is 5.25 Å². The summed E-state index contributed by atoms with van der Waals surface area (Å²) in [5.74, 6) is 0.765. The van der Waals surface area contributed by atoms with Gasteiger partial charge in [0, 0.05) is 22.7 Å². The highest BCUT2D eigenvalue weighted by molar-refractivity contribution is 8.00. The number of thioether (sulfide) groups is 1. The second kappa shape index (κ2) is 8.23. The minimum atomic E-state index is -0.257. The van der Waals surface area contributed by atoms with E-state index in [4.69, 9.17) is 11.6 Å². The van der Waals surface area contributed by atoms with Gasteiger partial charge >= 0.3 is 0 Å². The Bertz CT molecular complexity index is 744. The Labute approximate surface area is 158 Å². The van der Waals surface area contributed by atoms with Gasteiger partial charge in [0.15, 0.2) is 11.0 Å². The number of hydrogen-bond donors (Lipinski definition) is 1. The molecule has 0 aliphatic rings. The molecule has 0 spiro atoms. The molecule has 136 valence electrons. The van der Waals surface area contributed by atoms with Gasteiger partial charge in [-0.05, 0) is 46.2 Å². The van der Waals surface area contributed by atoms with Crippen LogP contribution in [0.1, 0.15) is 41.0 Å². The van der Waals surface area contributed by atoms with E-state index < -0.39 is 0 Å². The van der Waals surface area contributed by atoms with Crippen LogP contribution in [-0.2, 0) is 11.3 Å². The van der Waals surface area contributed by atoms with Crippen LogP contribution < -0.4 is 5.32 Å². The molecule has 25 heavy (non-hydrogen) atoms. The number of nitrogens with zero attached hydrogens (tertiary/aromatic N) is 3. The first kappa shape index (κ1) is 19.8. The van der Waals surface area contributed by atoms with E-state index in [9.17, 15) is 4.79 Å². The minimum Gasteiger partial charge on any atom is -0.350 e. The zero-order chi connectivity index (χ0) is 18.6. The van der Waals surface area contributed by atoms with Gasteiger partial charge in [-0.3, -0.25) is 4.79 Å². The van der Waals surface area contributed by atoms with Crippen LogP contribution in [0.15, 0.2) is 29.4 Å². The Morgan fingerprint density at radius 1 is 1.36 bits per heavy atom. The Balaban J connectivity index is 2.19. The molecule has 1 N–H and O–H groups in total. The molecule has 0 radical (unpaired) electrons. The molecule has 0 fully saturated rings. The summed E-state index contributed by atoms with van der Waals surface area (Å²) in [6, 6.07) is 7.54. The van der Waals surface area contributed by atoms with E-state index in [0.717, 1.165) is 23.0 Å². The van der Waals surface area contributed by atoms with E-state index >= 15 is 0 Å². The van der Waals surface area contributed by atoms with E-state index in [-0.39, 0.29) is 16.7 Å². The van der Waals surface area contributed by atoms with Crippen molar-refractivity contribution in [3.05, 3.63) is 29.3 Å². The Morgan fingerprint density at radius 2 is 2.08 bits per heavy atom.